The molecule has 0 saturated carbocycles. The molecule has 1 saturated heterocycles. The Kier molecular flexibility index (Phi) is 4.94. The van der Waals surface area contributed by atoms with Gasteiger partial charge in [0.25, 0.3) is 0 Å². The molecular formula is C16H21N3O2. The number of piperidine rings is 1. The van der Waals surface area contributed by atoms with Gasteiger partial charge in [-0.1, -0.05) is 12.1 Å². The average molecular weight is 287 g/mol. The van der Waals surface area contributed by atoms with Crippen molar-refractivity contribution in [1.82, 2.24) is 10.2 Å². The topological polar surface area (TPSA) is 76.4 Å². The molecule has 1 heterocycles. The number of β-amino-alcohol motifs (C(OH)–C–C–N with tert-alkyl or cyclic N) is 1. The van der Waals surface area contributed by atoms with Gasteiger partial charge in [0.05, 0.1) is 23.7 Å². The Morgan fingerprint density at radius 3 is 3.10 bits per heavy atom. The number of carbonyl (C=O) groups is 1. The Hall–Kier alpha value is -1.90. The van der Waals surface area contributed by atoms with E-state index in [0.717, 1.165) is 18.5 Å². The van der Waals surface area contributed by atoms with Crippen LogP contribution in [0, 0.1) is 11.3 Å². The summed E-state index contributed by atoms with van der Waals surface area (Å²) >= 11 is 0. The lowest BCUT2D eigenvalue weighted by Crippen LogP contribution is -2.49. The second-order valence-electron chi connectivity index (χ2n) is 5.70. The van der Waals surface area contributed by atoms with E-state index in [-0.39, 0.29) is 12.3 Å². The molecule has 1 aromatic carbocycles. The molecule has 1 aromatic rings. The Balaban J connectivity index is 2.00. The van der Waals surface area contributed by atoms with Crippen molar-refractivity contribution < 1.29 is 9.90 Å². The summed E-state index contributed by atoms with van der Waals surface area (Å²) in [7, 11) is 1.58. The van der Waals surface area contributed by atoms with Crippen LogP contribution in [-0.2, 0) is 11.3 Å². The minimum Gasteiger partial charge on any atom is -0.388 e. The SMILES string of the molecule is CNC(=O)CC1(O)CCCN(Cc2cccc(C#N)c2)C1. The van der Waals surface area contributed by atoms with Crippen molar-refractivity contribution in [2.75, 3.05) is 20.1 Å². The largest absolute Gasteiger partial charge is 0.388 e. The molecular weight excluding hydrogens is 266 g/mol. The average Bonchev–Trinajstić information content (AvgIpc) is 2.47. The maximum atomic E-state index is 11.5. The fourth-order valence-corrected chi connectivity index (χ4v) is 2.87. The summed E-state index contributed by atoms with van der Waals surface area (Å²) < 4.78 is 0. The quantitative estimate of drug-likeness (QED) is 0.867. The van der Waals surface area contributed by atoms with Gasteiger partial charge in [-0.05, 0) is 37.1 Å². The first-order chi connectivity index (χ1) is 10.0. The van der Waals surface area contributed by atoms with E-state index in [1.165, 1.54) is 0 Å². The van der Waals surface area contributed by atoms with E-state index in [1.54, 1.807) is 13.1 Å². The Morgan fingerprint density at radius 1 is 1.57 bits per heavy atom. The third-order valence-electron chi connectivity index (χ3n) is 3.87. The summed E-state index contributed by atoms with van der Waals surface area (Å²) in [6.45, 7) is 2.07. The highest BCUT2D eigenvalue weighted by atomic mass is 16.3. The number of nitriles is 1. The Labute approximate surface area is 125 Å². The van der Waals surface area contributed by atoms with Crippen LogP contribution in [-0.4, -0.2) is 41.7 Å². The number of nitrogens with one attached hydrogen (secondary N) is 1. The molecule has 112 valence electrons. The van der Waals surface area contributed by atoms with Gasteiger partial charge >= 0.3 is 0 Å². The number of rotatable bonds is 4. The van der Waals surface area contributed by atoms with Crippen molar-refractivity contribution in [2.24, 2.45) is 0 Å². The van der Waals surface area contributed by atoms with Crippen LogP contribution in [0.4, 0.5) is 0 Å². The molecule has 21 heavy (non-hydrogen) atoms. The van der Waals surface area contributed by atoms with Crippen LogP contribution in [0.3, 0.4) is 0 Å². The van der Waals surface area contributed by atoms with Crippen LogP contribution in [0.15, 0.2) is 24.3 Å². The van der Waals surface area contributed by atoms with E-state index in [4.69, 9.17) is 5.26 Å². The zero-order valence-corrected chi connectivity index (χ0v) is 12.3. The predicted molar refractivity (Wildman–Crippen MR) is 79.3 cm³/mol. The van der Waals surface area contributed by atoms with E-state index in [0.29, 0.717) is 25.1 Å². The van der Waals surface area contributed by atoms with E-state index < -0.39 is 5.60 Å². The van der Waals surface area contributed by atoms with Crippen molar-refractivity contribution in [2.45, 2.75) is 31.4 Å². The van der Waals surface area contributed by atoms with Crippen molar-refractivity contribution in [3.63, 3.8) is 0 Å². The maximum absolute atomic E-state index is 11.5. The van der Waals surface area contributed by atoms with Crippen molar-refractivity contribution >= 4 is 5.91 Å². The number of hydrogen-bond donors (Lipinski definition) is 2. The van der Waals surface area contributed by atoms with Crippen LogP contribution in [0.1, 0.15) is 30.4 Å². The lowest BCUT2D eigenvalue weighted by molar-refractivity contribution is -0.128. The molecule has 2 rings (SSSR count). The molecule has 2 N–H and O–H groups in total. The second kappa shape index (κ2) is 6.70. The summed E-state index contributed by atoms with van der Waals surface area (Å²) in [6, 6.07) is 9.63. The van der Waals surface area contributed by atoms with Gasteiger partial charge in [-0.25, -0.2) is 0 Å². The van der Waals surface area contributed by atoms with Gasteiger partial charge < -0.3 is 10.4 Å². The fraction of sp³-hybridized carbons (Fsp3) is 0.500. The molecule has 1 fully saturated rings. The fourth-order valence-electron chi connectivity index (χ4n) is 2.87. The number of benzene rings is 1. The standard InChI is InChI=1S/C16H21N3O2/c1-18-15(20)9-16(21)6-3-7-19(12-16)11-14-5-2-4-13(8-14)10-17/h2,4-5,8,21H,3,6-7,9,11-12H2,1H3,(H,18,20). The number of hydrogen-bond acceptors (Lipinski definition) is 4. The lowest BCUT2D eigenvalue weighted by Gasteiger charge is -2.38. The number of likely N-dealkylation sites (tertiary alicyclic amines) is 1. The van der Waals surface area contributed by atoms with E-state index in [1.807, 2.05) is 18.2 Å². The first-order valence-corrected chi connectivity index (χ1v) is 7.19. The highest BCUT2D eigenvalue weighted by molar-refractivity contribution is 5.76. The van der Waals surface area contributed by atoms with Gasteiger partial charge in [0.15, 0.2) is 0 Å². The van der Waals surface area contributed by atoms with Crippen molar-refractivity contribution in [3.8, 4) is 6.07 Å². The van der Waals surface area contributed by atoms with E-state index in [9.17, 15) is 9.90 Å². The molecule has 1 atom stereocenters. The van der Waals surface area contributed by atoms with Gasteiger partial charge in [-0.15, -0.1) is 0 Å². The summed E-state index contributed by atoms with van der Waals surface area (Å²) in [5.41, 5.74) is 0.744. The molecule has 0 radical (unpaired) electrons. The van der Waals surface area contributed by atoms with Crippen LogP contribution in [0.25, 0.3) is 0 Å². The first-order valence-electron chi connectivity index (χ1n) is 7.19. The number of nitrogens with zero attached hydrogens (tertiary/aromatic N) is 2. The third-order valence-corrected chi connectivity index (χ3v) is 3.87. The number of carbonyl (C=O) groups excluding carboxylic acids is 1. The molecule has 0 spiro atoms. The van der Waals surface area contributed by atoms with Crippen molar-refractivity contribution in [1.29, 1.82) is 5.26 Å². The molecule has 5 heteroatoms. The molecule has 5 nitrogen and oxygen atoms in total. The summed E-state index contributed by atoms with van der Waals surface area (Å²) in [6.07, 6.45) is 1.65. The normalized spacial score (nSPS) is 22.5. The molecule has 0 bridgehead atoms. The predicted octanol–water partition coefficient (Wildman–Crippen LogP) is 1.02. The summed E-state index contributed by atoms with van der Waals surface area (Å²) in [4.78, 5) is 13.6. The molecule has 1 aliphatic heterocycles. The first kappa shape index (κ1) is 15.5. The van der Waals surface area contributed by atoms with Crippen LogP contribution >= 0.6 is 0 Å². The highest BCUT2D eigenvalue weighted by Gasteiger charge is 2.34. The van der Waals surface area contributed by atoms with Crippen LogP contribution < -0.4 is 5.32 Å². The smallest absolute Gasteiger partial charge is 0.222 e. The van der Waals surface area contributed by atoms with Gasteiger partial charge in [-0.2, -0.15) is 5.26 Å². The minimum atomic E-state index is -0.953. The third kappa shape index (κ3) is 4.28. The van der Waals surface area contributed by atoms with Gasteiger partial charge in [-0.3, -0.25) is 9.69 Å². The van der Waals surface area contributed by atoms with Crippen LogP contribution in [0.2, 0.25) is 0 Å². The molecule has 0 aliphatic carbocycles. The minimum absolute atomic E-state index is 0.133. The molecule has 0 aromatic heterocycles. The van der Waals surface area contributed by atoms with E-state index >= 15 is 0 Å². The second-order valence-corrected chi connectivity index (χ2v) is 5.70. The van der Waals surface area contributed by atoms with Gasteiger partial charge in [0.1, 0.15) is 0 Å². The zero-order valence-electron chi connectivity index (χ0n) is 12.3. The maximum Gasteiger partial charge on any atom is 0.222 e. The molecule has 1 amide bonds. The van der Waals surface area contributed by atoms with Gasteiger partial charge in [0.2, 0.25) is 5.91 Å². The van der Waals surface area contributed by atoms with Gasteiger partial charge in [0, 0.05) is 20.1 Å². The van der Waals surface area contributed by atoms with Crippen LogP contribution in [0.5, 0.6) is 0 Å². The van der Waals surface area contributed by atoms with Crippen molar-refractivity contribution in [3.05, 3.63) is 35.4 Å². The summed E-state index contributed by atoms with van der Waals surface area (Å²) in [5.74, 6) is -0.133. The lowest BCUT2D eigenvalue weighted by atomic mass is 9.89. The number of aliphatic hydroxyl groups is 1. The monoisotopic (exact) mass is 287 g/mol. The molecule has 1 aliphatic rings. The highest BCUT2D eigenvalue weighted by Crippen LogP contribution is 2.25. The zero-order chi connectivity index (χ0) is 15.3. The number of amides is 1. The Bertz CT molecular complexity index is 553. The summed E-state index contributed by atoms with van der Waals surface area (Å²) in [5, 5.41) is 22.1. The molecule has 1 unspecified atom stereocenters. The van der Waals surface area contributed by atoms with E-state index in [2.05, 4.69) is 16.3 Å². The Morgan fingerprint density at radius 2 is 2.38 bits per heavy atom.